The molecule has 0 fully saturated rings. The van der Waals surface area contributed by atoms with Crippen molar-refractivity contribution in [2.24, 2.45) is 0 Å². The second-order valence-corrected chi connectivity index (χ2v) is 8.09. The molecule has 1 aromatic heterocycles. The minimum atomic E-state index is -3.46. The van der Waals surface area contributed by atoms with Gasteiger partial charge >= 0.3 is 0 Å². The zero-order chi connectivity index (χ0) is 20.1. The molecule has 0 atom stereocenters. The van der Waals surface area contributed by atoms with Gasteiger partial charge in [-0.05, 0) is 49.9 Å². The molecular weight excluding hydrogens is 376 g/mol. The van der Waals surface area contributed by atoms with Gasteiger partial charge < -0.3 is 9.88 Å². The third-order valence-corrected chi connectivity index (χ3v) is 5.80. The standard InChI is InChI=1S/C20H22N4O3S/c1-15-23-18-5-3-4-6-19(18)24(15)14-13-22-20(25)12-9-16-7-10-17(11-8-16)28(26,27)21-2/h3-12,21H,13-14H2,1-2H3,(H,22,25)/b12-9+. The predicted octanol–water partition coefficient (Wildman–Crippen LogP) is 2.08. The lowest BCUT2D eigenvalue weighted by molar-refractivity contribution is -0.116. The Kier molecular flexibility index (Phi) is 5.91. The molecule has 0 aliphatic heterocycles. The first-order valence-electron chi connectivity index (χ1n) is 8.82. The SMILES string of the molecule is CNS(=O)(=O)c1ccc(/C=C/C(=O)NCCn2c(C)nc3ccccc32)cc1. The lowest BCUT2D eigenvalue weighted by Gasteiger charge is -2.07. The number of imidazole rings is 1. The second kappa shape index (κ2) is 8.37. The Morgan fingerprint density at radius 2 is 1.86 bits per heavy atom. The monoisotopic (exact) mass is 398 g/mol. The molecule has 146 valence electrons. The van der Waals surface area contributed by atoms with Gasteiger partial charge in [0.25, 0.3) is 0 Å². The molecule has 1 amide bonds. The molecular formula is C20H22N4O3S. The molecule has 7 nitrogen and oxygen atoms in total. The van der Waals surface area contributed by atoms with Gasteiger partial charge in [0.2, 0.25) is 15.9 Å². The maximum absolute atomic E-state index is 12.0. The number of amides is 1. The molecule has 0 unspecified atom stereocenters. The minimum absolute atomic E-state index is 0.180. The van der Waals surface area contributed by atoms with Crippen LogP contribution in [0.4, 0.5) is 0 Å². The second-order valence-electron chi connectivity index (χ2n) is 6.20. The van der Waals surface area contributed by atoms with Gasteiger partial charge in [0.05, 0.1) is 15.9 Å². The van der Waals surface area contributed by atoms with Crippen molar-refractivity contribution < 1.29 is 13.2 Å². The Hall–Kier alpha value is -2.97. The van der Waals surface area contributed by atoms with Gasteiger partial charge in [-0.2, -0.15) is 0 Å². The molecule has 0 aliphatic rings. The first-order valence-corrected chi connectivity index (χ1v) is 10.3. The number of hydrogen-bond donors (Lipinski definition) is 2. The van der Waals surface area contributed by atoms with Crippen LogP contribution in [0.1, 0.15) is 11.4 Å². The fraction of sp³-hybridized carbons (Fsp3) is 0.200. The zero-order valence-corrected chi connectivity index (χ0v) is 16.5. The number of carbonyl (C=O) groups excluding carboxylic acids is 1. The molecule has 8 heteroatoms. The zero-order valence-electron chi connectivity index (χ0n) is 15.7. The van der Waals surface area contributed by atoms with Crippen LogP contribution < -0.4 is 10.0 Å². The number of para-hydroxylation sites is 2. The van der Waals surface area contributed by atoms with Gasteiger partial charge in [-0.25, -0.2) is 18.1 Å². The average Bonchev–Trinajstić information content (AvgIpc) is 3.02. The van der Waals surface area contributed by atoms with Crippen LogP contribution in [0, 0.1) is 6.92 Å². The van der Waals surface area contributed by atoms with Gasteiger partial charge in [0.15, 0.2) is 0 Å². The van der Waals surface area contributed by atoms with E-state index in [0.717, 1.165) is 22.4 Å². The highest BCUT2D eigenvalue weighted by Gasteiger charge is 2.10. The van der Waals surface area contributed by atoms with E-state index in [1.165, 1.54) is 25.3 Å². The van der Waals surface area contributed by atoms with E-state index in [1.54, 1.807) is 18.2 Å². The molecule has 0 aliphatic carbocycles. The van der Waals surface area contributed by atoms with Gasteiger partial charge in [-0.3, -0.25) is 4.79 Å². The molecule has 0 bridgehead atoms. The topological polar surface area (TPSA) is 93.1 Å². The van der Waals surface area contributed by atoms with E-state index < -0.39 is 10.0 Å². The first kappa shape index (κ1) is 19.8. The molecule has 0 saturated carbocycles. The van der Waals surface area contributed by atoms with Crippen molar-refractivity contribution in [1.29, 1.82) is 0 Å². The number of rotatable bonds is 7. The normalized spacial score (nSPS) is 11.9. The number of fused-ring (bicyclic) bond motifs is 1. The van der Waals surface area contributed by atoms with E-state index in [-0.39, 0.29) is 10.8 Å². The van der Waals surface area contributed by atoms with Gasteiger partial charge in [0, 0.05) is 19.2 Å². The van der Waals surface area contributed by atoms with Crippen molar-refractivity contribution in [3.05, 3.63) is 66.0 Å². The summed E-state index contributed by atoms with van der Waals surface area (Å²) < 4.78 is 27.7. The molecule has 0 radical (unpaired) electrons. The molecule has 2 N–H and O–H groups in total. The highest BCUT2D eigenvalue weighted by molar-refractivity contribution is 7.89. The van der Waals surface area contributed by atoms with Crippen molar-refractivity contribution in [3.63, 3.8) is 0 Å². The van der Waals surface area contributed by atoms with E-state index >= 15 is 0 Å². The Morgan fingerprint density at radius 1 is 1.14 bits per heavy atom. The van der Waals surface area contributed by atoms with E-state index in [9.17, 15) is 13.2 Å². The Morgan fingerprint density at radius 3 is 2.57 bits per heavy atom. The number of aromatic nitrogens is 2. The molecule has 1 heterocycles. The predicted molar refractivity (Wildman–Crippen MR) is 109 cm³/mol. The number of nitrogens with zero attached hydrogens (tertiary/aromatic N) is 2. The summed E-state index contributed by atoms with van der Waals surface area (Å²) in [5, 5.41) is 2.85. The van der Waals surface area contributed by atoms with Crippen LogP contribution in [0.15, 0.2) is 59.5 Å². The van der Waals surface area contributed by atoms with Crippen molar-refractivity contribution in [2.45, 2.75) is 18.4 Å². The number of aryl methyl sites for hydroxylation is 1. The highest BCUT2D eigenvalue weighted by Crippen LogP contribution is 2.15. The summed E-state index contributed by atoms with van der Waals surface area (Å²) in [6, 6.07) is 14.2. The minimum Gasteiger partial charge on any atom is -0.351 e. The number of carbonyl (C=O) groups is 1. The van der Waals surface area contributed by atoms with Gasteiger partial charge in [-0.15, -0.1) is 0 Å². The summed E-state index contributed by atoms with van der Waals surface area (Å²) in [7, 11) is -2.10. The van der Waals surface area contributed by atoms with E-state index in [0.29, 0.717) is 13.1 Å². The van der Waals surface area contributed by atoms with E-state index in [1.807, 2.05) is 31.2 Å². The summed E-state index contributed by atoms with van der Waals surface area (Å²) in [5.74, 6) is 0.691. The van der Waals surface area contributed by atoms with Crippen LogP contribution >= 0.6 is 0 Å². The first-order chi connectivity index (χ1) is 13.4. The summed E-state index contributed by atoms with van der Waals surface area (Å²) >= 11 is 0. The molecule has 0 saturated heterocycles. The smallest absolute Gasteiger partial charge is 0.244 e. The van der Waals surface area contributed by atoms with Crippen molar-refractivity contribution in [3.8, 4) is 0 Å². The van der Waals surface area contributed by atoms with Crippen molar-refractivity contribution in [1.82, 2.24) is 19.6 Å². The maximum Gasteiger partial charge on any atom is 0.244 e. The van der Waals surface area contributed by atoms with Crippen LogP contribution in [0.5, 0.6) is 0 Å². The maximum atomic E-state index is 12.0. The van der Waals surface area contributed by atoms with Gasteiger partial charge in [-0.1, -0.05) is 24.3 Å². The molecule has 3 rings (SSSR count). The quantitative estimate of drug-likeness (QED) is 0.596. The molecule has 3 aromatic rings. The van der Waals surface area contributed by atoms with E-state index in [2.05, 4.69) is 19.6 Å². The molecule has 0 spiro atoms. The largest absolute Gasteiger partial charge is 0.351 e. The third kappa shape index (κ3) is 4.47. The molecule has 2 aromatic carbocycles. The number of hydrogen-bond acceptors (Lipinski definition) is 4. The van der Waals surface area contributed by atoms with Crippen molar-refractivity contribution >= 4 is 33.0 Å². The average molecular weight is 398 g/mol. The van der Waals surface area contributed by atoms with E-state index in [4.69, 9.17) is 0 Å². The lowest BCUT2D eigenvalue weighted by atomic mass is 10.2. The fourth-order valence-corrected chi connectivity index (χ4v) is 3.61. The lowest BCUT2D eigenvalue weighted by Crippen LogP contribution is -2.25. The summed E-state index contributed by atoms with van der Waals surface area (Å²) in [6.07, 6.45) is 3.07. The number of nitrogens with one attached hydrogen (secondary N) is 2. The van der Waals surface area contributed by atoms with Crippen LogP contribution in [0.2, 0.25) is 0 Å². The van der Waals surface area contributed by atoms with Crippen LogP contribution in [0.25, 0.3) is 17.1 Å². The molecule has 28 heavy (non-hydrogen) atoms. The number of benzene rings is 2. The number of sulfonamides is 1. The van der Waals surface area contributed by atoms with Crippen LogP contribution in [0.3, 0.4) is 0 Å². The summed E-state index contributed by atoms with van der Waals surface area (Å²) in [4.78, 5) is 16.7. The summed E-state index contributed by atoms with van der Waals surface area (Å²) in [6.45, 7) is 3.05. The highest BCUT2D eigenvalue weighted by atomic mass is 32.2. The van der Waals surface area contributed by atoms with Crippen LogP contribution in [-0.2, 0) is 21.4 Å². The Labute approximate surface area is 164 Å². The summed E-state index contributed by atoms with van der Waals surface area (Å²) in [5.41, 5.74) is 2.72. The fourth-order valence-electron chi connectivity index (χ4n) is 2.88. The Bertz CT molecular complexity index is 1120. The van der Waals surface area contributed by atoms with Crippen molar-refractivity contribution in [2.75, 3.05) is 13.6 Å². The van der Waals surface area contributed by atoms with Crippen LogP contribution in [-0.4, -0.2) is 37.5 Å². The van der Waals surface area contributed by atoms with Gasteiger partial charge in [0.1, 0.15) is 5.82 Å². The third-order valence-electron chi connectivity index (χ3n) is 4.37. The Balaban J connectivity index is 1.56.